The van der Waals surface area contributed by atoms with Gasteiger partial charge in [0.15, 0.2) is 0 Å². The van der Waals surface area contributed by atoms with Crippen LogP contribution in [0.3, 0.4) is 0 Å². The Labute approximate surface area is 143 Å². The van der Waals surface area contributed by atoms with Crippen LogP contribution in [0.2, 0.25) is 0 Å². The summed E-state index contributed by atoms with van der Waals surface area (Å²) in [4.78, 5) is 17.1. The molecule has 0 spiro atoms. The van der Waals surface area contributed by atoms with Crippen molar-refractivity contribution in [2.75, 3.05) is 53.5 Å². The molecule has 2 aliphatic rings. The first kappa shape index (κ1) is 17.0. The third kappa shape index (κ3) is 3.65. The molecule has 0 aromatic heterocycles. The Morgan fingerprint density at radius 1 is 1.21 bits per heavy atom. The van der Waals surface area contributed by atoms with Crippen LogP contribution in [0.15, 0.2) is 18.2 Å². The fraction of sp³-hybridized carbons (Fsp3) is 0.611. The molecule has 3 rings (SSSR count). The highest BCUT2D eigenvalue weighted by molar-refractivity contribution is 5.79. The van der Waals surface area contributed by atoms with Gasteiger partial charge < -0.3 is 19.7 Å². The van der Waals surface area contributed by atoms with Crippen LogP contribution in [-0.2, 0) is 4.79 Å². The maximum absolute atomic E-state index is 12.8. The lowest BCUT2D eigenvalue weighted by atomic mass is 10.0. The van der Waals surface area contributed by atoms with E-state index in [1.807, 2.05) is 23.1 Å². The standard InChI is InChI=1S/C18H27N3O3/c1-23-14-5-6-15(17(12-14)24-2)16-4-3-9-21(16)18(22)13-20-10-7-19-8-11-20/h5-6,12,16,19H,3-4,7-11,13H2,1-2H3. The first-order valence-corrected chi connectivity index (χ1v) is 8.67. The number of likely N-dealkylation sites (tertiary alicyclic amines) is 1. The predicted molar refractivity (Wildman–Crippen MR) is 92.5 cm³/mol. The highest BCUT2D eigenvalue weighted by Gasteiger charge is 2.32. The quantitative estimate of drug-likeness (QED) is 0.879. The Balaban J connectivity index is 1.74. The number of rotatable bonds is 5. The lowest BCUT2D eigenvalue weighted by Gasteiger charge is -2.31. The summed E-state index contributed by atoms with van der Waals surface area (Å²) in [6.07, 6.45) is 2.02. The van der Waals surface area contributed by atoms with Gasteiger partial charge >= 0.3 is 0 Å². The molecule has 24 heavy (non-hydrogen) atoms. The zero-order chi connectivity index (χ0) is 16.9. The molecule has 1 unspecified atom stereocenters. The zero-order valence-electron chi connectivity index (χ0n) is 14.6. The maximum Gasteiger partial charge on any atom is 0.237 e. The topological polar surface area (TPSA) is 54.0 Å². The van der Waals surface area contributed by atoms with Gasteiger partial charge in [0.2, 0.25) is 5.91 Å². The molecule has 1 aromatic rings. The Morgan fingerprint density at radius 3 is 2.71 bits per heavy atom. The minimum absolute atomic E-state index is 0.0984. The third-order valence-electron chi connectivity index (χ3n) is 4.94. The number of hydrogen-bond acceptors (Lipinski definition) is 5. The summed E-state index contributed by atoms with van der Waals surface area (Å²) < 4.78 is 10.8. The molecule has 6 nitrogen and oxygen atoms in total. The van der Waals surface area contributed by atoms with Crippen molar-refractivity contribution < 1.29 is 14.3 Å². The van der Waals surface area contributed by atoms with Crippen LogP contribution < -0.4 is 14.8 Å². The normalized spacial score (nSPS) is 21.8. The van der Waals surface area contributed by atoms with Crippen molar-refractivity contribution in [2.24, 2.45) is 0 Å². The second kappa shape index (κ2) is 7.85. The fourth-order valence-electron chi connectivity index (χ4n) is 3.63. The molecule has 2 fully saturated rings. The van der Waals surface area contributed by atoms with Gasteiger partial charge in [0, 0.05) is 44.4 Å². The van der Waals surface area contributed by atoms with Crippen molar-refractivity contribution in [1.29, 1.82) is 0 Å². The van der Waals surface area contributed by atoms with Gasteiger partial charge in [-0.05, 0) is 25.0 Å². The van der Waals surface area contributed by atoms with Gasteiger partial charge in [-0.3, -0.25) is 9.69 Å². The number of piperazine rings is 1. The van der Waals surface area contributed by atoms with Crippen molar-refractivity contribution >= 4 is 5.91 Å². The Hall–Kier alpha value is -1.79. The lowest BCUT2D eigenvalue weighted by molar-refractivity contribution is -0.133. The van der Waals surface area contributed by atoms with Crippen LogP contribution in [0.5, 0.6) is 11.5 Å². The van der Waals surface area contributed by atoms with E-state index in [-0.39, 0.29) is 11.9 Å². The minimum atomic E-state index is 0.0984. The molecular formula is C18H27N3O3. The van der Waals surface area contributed by atoms with Gasteiger partial charge in [-0.1, -0.05) is 0 Å². The number of benzene rings is 1. The number of amides is 1. The molecule has 2 saturated heterocycles. The number of ether oxygens (including phenoxy) is 2. The maximum atomic E-state index is 12.8. The van der Waals surface area contributed by atoms with E-state index < -0.39 is 0 Å². The zero-order valence-corrected chi connectivity index (χ0v) is 14.6. The van der Waals surface area contributed by atoms with Gasteiger partial charge in [-0.2, -0.15) is 0 Å². The van der Waals surface area contributed by atoms with Gasteiger partial charge in [0.1, 0.15) is 11.5 Å². The minimum Gasteiger partial charge on any atom is -0.497 e. The van der Waals surface area contributed by atoms with Crippen molar-refractivity contribution in [1.82, 2.24) is 15.1 Å². The summed E-state index contributed by atoms with van der Waals surface area (Å²) in [6.45, 7) is 5.14. The van der Waals surface area contributed by atoms with Crippen LogP contribution in [0.25, 0.3) is 0 Å². The highest BCUT2D eigenvalue weighted by Crippen LogP contribution is 2.38. The third-order valence-corrected chi connectivity index (χ3v) is 4.94. The summed E-state index contributed by atoms with van der Waals surface area (Å²) in [6, 6.07) is 5.96. The Morgan fingerprint density at radius 2 is 2.00 bits per heavy atom. The summed E-state index contributed by atoms with van der Waals surface area (Å²) in [5.74, 6) is 1.78. The molecule has 2 aliphatic heterocycles. The molecule has 1 N–H and O–H groups in total. The molecule has 0 aliphatic carbocycles. The van der Waals surface area contributed by atoms with E-state index in [2.05, 4.69) is 10.2 Å². The van der Waals surface area contributed by atoms with Crippen LogP contribution in [0.4, 0.5) is 0 Å². The summed E-state index contributed by atoms with van der Waals surface area (Å²) in [5, 5.41) is 3.32. The van der Waals surface area contributed by atoms with E-state index in [9.17, 15) is 4.79 Å². The van der Waals surface area contributed by atoms with E-state index in [0.29, 0.717) is 6.54 Å². The number of carbonyl (C=O) groups excluding carboxylic acids is 1. The van der Waals surface area contributed by atoms with Crippen LogP contribution in [0.1, 0.15) is 24.4 Å². The van der Waals surface area contributed by atoms with E-state index >= 15 is 0 Å². The molecule has 2 heterocycles. The SMILES string of the molecule is COc1ccc(C2CCCN2C(=O)CN2CCNCC2)c(OC)c1. The summed E-state index contributed by atoms with van der Waals surface area (Å²) in [7, 11) is 3.31. The molecule has 1 aromatic carbocycles. The van der Waals surface area contributed by atoms with Crippen molar-refractivity contribution in [3.63, 3.8) is 0 Å². The van der Waals surface area contributed by atoms with Crippen LogP contribution >= 0.6 is 0 Å². The van der Waals surface area contributed by atoms with Crippen molar-refractivity contribution in [3.8, 4) is 11.5 Å². The van der Waals surface area contributed by atoms with Crippen molar-refractivity contribution in [3.05, 3.63) is 23.8 Å². The number of nitrogens with zero attached hydrogens (tertiary/aromatic N) is 2. The smallest absolute Gasteiger partial charge is 0.237 e. The summed E-state index contributed by atoms with van der Waals surface area (Å²) in [5.41, 5.74) is 1.07. The molecule has 6 heteroatoms. The van der Waals surface area contributed by atoms with Gasteiger partial charge in [-0.25, -0.2) is 0 Å². The van der Waals surface area contributed by atoms with Crippen LogP contribution in [0, 0.1) is 0 Å². The van der Waals surface area contributed by atoms with Gasteiger partial charge in [0.05, 0.1) is 26.8 Å². The number of carbonyl (C=O) groups is 1. The highest BCUT2D eigenvalue weighted by atomic mass is 16.5. The Kier molecular flexibility index (Phi) is 5.58. The molecule has 1 amide bonds. The molecule has 0 bridgehead atoms. The van der Waals surface area contributed by atoms with Gasteiger partial charge in [-0.15, -0.1) is 0 Å². The first-order valence-electron chi connectivity index (χ1n) is 8.67. The largest absolute Gasteiger partial charge is 0.497 e. The number of hydrogen-bond donors (Lipinski definition) is 1. The average Bonchev–Trinajstić information content (AvgIpc) is 3.11. The van der Waals surface area contributed by atoms with E-state index in [1.54, 1.807) is 14.2 Å². The lowest BCUT2D eigenvalue weighted by Crippen LogP contribution is -2.48. The molecule has 0 saturated carbocycles. The second-order valence-corrected chi connectivity index (χ2v) is 6.38. The first-order chi connectivity index (χ1) is 11.7. The fourth-order valence-corrected chi connectivity index (χ4v) is 3.63. The monoisotopic (exact) mass is 333 g/mol. The number of nitrogens with one attached hydrogen (secondary N) is 1. The van der Waals surface area contributed by atoms with E-state index in [1.165, 1.54) is 0 Å². The van der Waals surface area contributed by atoms with Crippen LogP contribution in [-0.4, -0.2) is 69.2 Å². The summed E-state index contributed by atoms with van der Waals surface area (Å²) >= 11 is 0. The average molecular weight is 333 g/mol. The molecular weight excluding hydrogens is 306 g/mol. The number of methoxy groups -OCH3 is 2. The second-order valence-electron chi connectivity index (χ2n) is 6.38. The molecule has 132 valence electrons. The van der Waals surface area contributed by atoms with E-state index in [4.69, 9.17) is 9.47 Å². The Bertz CT molecular complexity index is 573. The van der Waals surface area contributed by atoms with Crippen molar-refractivity contribution in [2.45, 2.75) is 18.9 Å². The van der Waals surface area contributed by atoms with Gasteiger partial charge in [0.25, 0.3) is 0 Å². The van der Waals surface area contributed by atoms with E-state index in [0.717, 1.165) is 62.6 Å². The molecule has 1 atom stereocenters. The predicted octanol–water partition coefficient (Wildman–Crippen LogP) is 1.27. The molecule has 0 radical (unpaired) electrons.